The summed E-state index contributed by atoms with van der Waals surface area (Å²) in [4.78, 5) is 0.456. The fourth-order valence-electron chi connectivity index (χ4n) is 2.02. The van der Waals surface area contributed by atoms with Gasteiger partial charge in [0.2, 0.25) is 0 Å². The van der Waals surface area contributed by atoms with Crippen molar-refractivity contribution >= 4 is 32.9 Å². The summed E-state index contributed by atoms with van der Waals surface area (Å²) in [6, 6.07) is 12.0. The smallest absolute Gasteiger partial charge is 0.262 e. The predicted octanol–water partition coefficient (Wildman–Crippen LogP) is 2.74. The van der Waals surface area contributed by atoms with Crippen molar-refractivity contribution < 1.29 is 8.42 Å². The van der Waals surface area contributed by atoms with Crippen LogP contribution in [0.25, 0.3) is 0 Å². The molecule has 0 unspecified atom stereocenters. The summed E-state index contributed by atoms with van der Waals surface area (Å²) in [7, 11) is -3.64. The molecule has 0 spiro atoms. The van der Waals surface area contributed by atoms with Gasteiger partial charge in [-0.1, -0.05) is 30.4 Å². The van der Waals surface area contributed by atoms with Gasteiger partial charge in [-0.05, 0) is 49.2 Å². The number of nitrogens with one attached hydrogen (secondary N) is 1. The zero-order valence-corrected chi connectivity index (χ0v) is 13.4. The highest BCUT2D eigenvalue weighted by molar-refractivity contribution is 7.92. The number of nitrogens with two attached hydrogens (primary N) is 1. The highest BCUT2D eigenvalue weighted by atomic mass is 32.2. The lowest BCUT2D eigenvalue weighted by atomic mass is 10.1. The third-order valence-corrected chi connectivity index (χ3v) is 4.80. The molecule has 110 valence electrons. The molecule has 0 aliphatic heterocycles. The third-order valence-electron chi connectivity index (χ3n) is 3.02. The molecule has 6 heteroatoms. The Morgan fingerprint density at radius 2 is 1.86 bits per heavy atom. The van der Waals surface area contributed by atoms with Crippen molar-refractivity contribution in [3.05, 3.63) is 59.2 Å². The van der Waals surface area contributed by atoms with Gasteiger partial charge in [0.1, 0.15) is 4.99 Å². The van der Waals surface area contributed by atoms with Crippen molar-refractivity contribution in [2.75, 3.05) is 4.72 Å². The second-order valence-electron chi connectivity index (χ2n) is 4.82. The molecule has 0 heterocycles. The molecule has 0 amide bonds. The minimum absolute atomic E-state index is 0.212. The monoisotopic (exact) mass is 320 g/mol. The molecule has 0 saturated carbocycles. The number of thiocarbonyl (C=S) groups is 1. The molecule has 0 atom stereocenters. The molecule has 0 aromatic heterocycles. The maximum Gasteiger partial charge on any atom is 0.262 e. The number of aryl methyl sites for hydroxylation is 2. The molecule has 0 saturated heterocycles. The number of rotatable bonds is 4. The Kier molecular flexibility index (Phi) is 4.29. The van der Waals surface area contributed by atoms with Crippen molar-refractivity contribution in [3.8, 4) is 0 Å². The summed E-state index contributed by atoms with van der Waals surface area (Å²) in [5, 5.41) is 0. The van der Waals surface area contributed by atoms with Crippen molar-refractivity contribution in [1.29, 1.82) is 0 Å². The summed E-state index contributed by atoms with van der Waals surface area (Å²) in [5.41, 5.74) is 8.31. The van der Waals surface area contributed by atoms with Gasteiger partial charge in [-0.2, -0.15) is 0 Å². The Bertz CT molecular complexity index is 799. The topological polar surface area (TPSA) is 72.2 Å². The summed E-state index contributed by atoms with van der Waals surface area (Å²) < 4.78 is 27.5. The van der Waals surface area contributed by atoms with E-state index in [4.69, 9.17) is 18.0 Å². The van der Waals surface area contributed by atoms with Gasteiger partial charge in [0.15, 0.2) is 0 Å². The largest absolute Gasteiger partial charge is 0.389 e. The van der Waals surface area contributed by atoms with Crippen LogP contribution in [-0.4, -0.2) is 13.4 Å². The summed E-state index contributed by atoms with van der Waals surface area (Å²) >= 11 is 4.89. The van der Waals surface area contributed by atoms with Crippen LogP contribution in [0.4, 0.5) is 5.69 Å². The van der Waals surface area contributed by atoms with Crippen LogP contribution in [0.1, 0.15) is 16.7 Å². The lowest BCUT2D eigenvalue weighted by molar-refractivity contribution is 0.600. The molecule has 0 aliphatic rings. The normalized spacial score (nSPS) is 11.1. The summed E-state index contributed by atoms with van der Waals surface area (Å²) in [6.07, 6.45) is 0. The zero-order chi connectivity index (χ0) is 15.6. The molecule has 3 N–H and O–H groups in total. The van der Waals surface area contributed by atoms with Crippen LogP contribution < -0.4 is 10.5 Å². The molecule has 0 fully saturated rings. The second-order valence-corrected chi connectivity index (χ2v) is 6.91. The molecular weight excluding hydrogens is 304 g/mol. The summed E-state index contributed by atoms with van der Waals surface area (Å²) in [6.45, 7) is 3.62. The van der Waals surface area contributed by atoms with E-state index in [1.807, 2.05) is 13.0 Å². The first kappa shape index (κ1) is 15.5. The van der Waals surface area contributed by atoms with Gasteiger partial charge in [0, 0.05) is 11.3 Å². The first-order chi connectivity index (χ1) is 9.79. The van der Waals surface area contributed by atoms with Crippen molar-refractivity contribution in [2.45, 2.75) is 18.7 Å². The van der Waals surface area contributed by atoms with Gasteiger partial charge in [-0.3, -0.25) is 4.72 Å². The van der Waals surface area contributed by atoms with Gasteiger partial charge < -0.3 is 5.73 Å². The van der Waals surface area contributed by atoms with Gasteiger partial charge in [0.05, 0.1) is 4.90 Å². The van der Waals surface area contributed by atoms with E-state index >= 15 is 0 Å². The molecule has 2 aromatic rings. The van der Waals surface area contributed by atoms with Crippen LogP contribution in [0.2, 0.25) is 0 Å². The van der Waals surface area contributed by atoms with Gasteiger partial charge in [-0.15, -0.1) is 0 Å². The summed E-state index contributed by atoms with van der Waals surface area (Å²) in [5.74, 6) is 0. The van der Waals surface area contributed by atoms with Gasteiger partial charge >= 0.3 is 0 Å². The first-order valence-corrected chi connectivity index (χ1v) is 8.19. The minimum atomic E-state index is -3.64. The maximum atomic E-state index is 12.4. The van der Waals surface area contributed by atoms with Crippen molar-refractivity contribution in [3.63, 3.8) is 0 Å². The second kappa shape index (κ2) is 5.83. The first-order valence-electron chi connectivity index (χ1n) is 6.29. The lowest BCUT2D eigenvalue weighted by Crippen LogP contribution is -2.16. The average Bonchev–Trinajstić information content (AvgIpc) is 2.37. The van der Waals surface area contributed by atoms with Crippen LogP contribution in [0, 0.1) is 13.8 Å². The lowest BCUT2D eigenvalue weighted by Gasteiger charge is -2.12. The molecule has 2 rings (SSSR count). The van der Waals surface area contributed by atoms with Crippen LogP contribution in [0.3, 0.4) is 0 Å². The SMILES string of the molecule is Cc1cccc(NS(=O)(=O)c2ccc(C(N)=S)cc2C)c1. The average molecular weight is 320 g/mol. The van der Waals surface area contributed by atoms with E-state index < -0.39 is 10.0 Å². The molecule has 0 bridgehead atoms. The van der Waals surface area contributed by atoms with Crippen LogP contribution >= 0.6 is 12.2 Å². The van der Waals surface area contributed by atoms with E-state index in [1.54, 1.807) is 37.3 Å². The maximum absolute atomic E-state index is 12.4. The standard InChI is InChI=1S/C15H16N2O2S2/c1-10-4-3-5-13(8-10)17-21(18,19)14-7-6-12(15(16)20)9-11(14)2/h3-9,17H,1-2H3,(H2,16,20). The highest BCUT2D eigenvalue weighted by Crippen LogP contribution is 2.21. The Morgan fingerprint density at radius 1 is 1.14 bits per heavy atom. The van der Waals surface area contributed by atoms with Crippen molar-refractivity contribution in [1.82, 2.24) is 0 Å². The fourth-order valence-corrected chi connectivity index (χ4v) is 3.43. The van der Waals surface area contributed by atoms with Crippen molar-refractivity contribution in [2.24, 2.45) is 5.73 Å². The fraction of sp³-hybridized carbons (Fsp3) is 0.133. The predicted molar refractivity (Wildman–Crippen MR) is 89.1 cm³/mol. The number of benzene rings is 2. The van der Waals surface area contributed by atoms with E-state index in [0.717, 1.165) is 5.56 Å². The third kappa shape index (κ3) is 3.59. The van der Waals surface area contributed by atoms with E-state index in [0.29, 0.717) is 16.8 Å². The van der Waals surface area contributed by atoms with Crippen LogP contribution in [0.5, 0.6) is 0 Å². The highest BCUT2D eigenvalue weighted by Gasteiger charge is 2.17. The minimum Gasteiger partial charge on any atom is -0.389 e. The molecule has 4 nitrogen and oxygen atoms in total. The Morgan fingerprint density at radius 3 is 2.43 bits per heavy atom. The number of hydrogen-bond donors (Lipinski definition) is 2. The van der Waals surface area contributed by atoms with Gasteiger partial charge in [0.25, 0.3) is 10.0 Å². The van der Waals surface area contributed by atoms with Crippen LogP contribution in [-0.2, 0) is 10.0 Å². The number of hydrogen-bond acceptors (Lipinski definition) is 3. The molecule has 21 heavy (non-hydrogen) atoms. The molecular formula is C15H16N2O2S2. The van der Waals surface area contributed by atoms with Crippen LogP contribution in [0.15, 0.2) is 47.4 Å². The van der Waals surface area contributed by atoms with E-state index in [-0.39, 0.29) is 9.88 Å². The molecule has 0 aliphatic carbocycles. The van der Waals surface area contributed by atoms with E-state index in [1.165, 1.54) is 6.07 Å². The quantitative estimate of drug-likeness (QED) is 0.850. The molecule has 2 aromatic carbocycles. The zero-order valence-electron chi connectivity index (χ0n) is 11.8. The Hall–Kier alpha value is -1.92. The van der Waals surface area contributed by atoms with E-state index in [9.17, 15) is 8.42 Å². The molecule has 0 radical (unpaired) electrons. The Balaban J connectivity index is 2.38. The number of sulfonamides is 1. The van der Waals surface area contributed by atoms with E-state index in [2.05, 4.69) is 4.72 Å². The Labute approximate surface area is 130 Å². The number of anilines is 1. The van der Waals surface area contributed by atoms with Gasteiger partial charge in [-0.25, -0.2) is 8.42 Å².